The number of hydrogen-bond acceptors (Lipinski definition) is 5. The van der Waals surface area contributed by atoms with E-state index in [-0.39, 0.29) is 0 Å². The van der Waals surface area contributed by atoms with Crippen molar-refractivity contribution in [2.24, 2.45) is 0 Å². The minimum Gasteiger partial charge on any atom is -0.497 e. The highest BCUT2D eigenvalue weighted by Crippen LogP contribution is 2.41. The van der Waals surface area contributed by atoms with Crippen LogP contribution in [-0.2, 0) is 0 Å². The van der Waals surface area contributed by atoms with Crippen molar-refractivity contribution in [3.8, 4) is 16.9 Å². The predicted octanol–water partition coefficient (Wildman–Crippen LogP) is 5.27. The van der Waals surface area contributed by atoms with Gasteiger partial charge in [0.05, 0.1) is 28.4 Å². The standard InChI is InChI=1S/C22H27Cl2N5O/c1-12-6-5-7-15(26-12)11-25-19-8-13(2)27-22-20(14(3)28-29(19)22)21-17(23)9-16(30-4)10-18(21)24/h8-10,12,15,25-26H,5-7,11H2,1-4H3. The fourth-order valence-electron chi connectivity index (χ4n) is 4.20. The molecule has 6 nitrogen and oxygen atoms in total. The number of nitrogens with one attached hydrogen (secondary N) is 2. The van der Waals surface area contributed by atoms with Gasteiger partial charge in [0.2, 0.25) is 0 Å². The number of aryl methyl sites for hydroxylation is 2. The van der Waals surface area contributed by atoms with Crippen molar-refractivity contribution < 1.29 is 4.74 Å². The molecule has 2 aromatic heterocycles. The highest BCUT2D eigenvalue weighted by molar-refractivity contribution is 6.39. The zero-order valence-corrected chi connectivity index (χ0v) is 19.2. The third-order valence-electron chi connectivity index (χ3n) is 5.63. The highest BCUT2D eigenvalue weighted by atomic mass is 35.5. The second kappa shape index (κ2) is 8.61. The molecule has 3 aromatic rings. The van der Waals surface area contributed by atoms with E-state index in [1.807, 2.05) is 24.4 Å². The van der Waals surface area contributed by atoms with E-state index in [0.717, 1.165) is 40.5 Å². The first kappa shape index (κ1) is 21.2. The Balaban J connectivity index is 1.74. The molecule has 3 heterocycles. The van der Waals surface area contributed by atoms with Gasteiger partial charge in [-0.3, -0.25) is 0 Å². The summed E-state index contributed by atoms with van der Waals surface area (Å²) < 4.78 is 7.13. The second-order valence-electron chi connectivity index (χ2n) is 8.02. The number of aromatic nitrogens is 3. The lowest BCUT2D eigenvalue weighted by atomic mass is 10.00. The average molecular weight is 448 g/mol. The topological polar surface area (TPSA) is 63.5 Å². The maximum absolute atomic E-state index is 6.58. The van der Waals surface area contributed by atoms with Crippen LogP contribution in [0.4, 0.5) is 5.82 Å². The van der Waals surface area contributed by atoms with Gasteiger partial charge in [-0.15, -0.1) is 0 Å². The fraction of sp³-hybridized carbons (Fsp3) is 0.455. The van der Waals surface area contributed by atoms with E-state index in [1.165, 1.54) is 19.3 Å². The van der Waals surface area contributed by atoms with E-state index < -0.39 is 0 Å². The second-order valence-corrected chi connectivity index (χ2v) is 8.84. The van der Waals surface area contributed by atoms with Crippen molar-refractivity contribution in [2.45, 2.75) is 52.1 Å². The van der Waals surface area contributed by atoms with Crippen molar-refractivity contribution in [3.05, 3.63) is 39.6 Å². The molecule has 2 atom stereocenters. The van der Waals surface area contributed by atoms with Crippen LogP contribution in [0, 0.1) is 13.8 Å². The highest BCUT2D eigenvalue weighted by Gasteiger charge is 2.22. The summed E-state index contributed by atoms with van der Waals surface area (Å²) in [5.41, 5.74) is 4.00. The lowest BCUT2D eigenvalue weighted by Crippen LogP contribution is -2.44. The lowest BCUT2D eigenvalue weighted by Gasteiger charge is -2.29. The largest absolute Gasteiger partial charge is 0.497 e. The summed E-state index contributed by atoms with van der Waals surface area (Å²) in [6.07, 6.45) is 3.66. The van der Waals surface area contributed by atoms with Gasteiger partial charge in [-0.2, -0.15) is 9.61 Å². The lowest BCUT2D eigenvalue weighted by molar-refractivity contribution is 0.344. The molecule has 0 spiro atoms. The third kappa shape index (κ3) is 4.09. The Labute approximate surface area is 186 Å². The van der Waals surface area contributed by atoms with E-state index in [9.17, 15) is 0 Å². The van der Waals surface area contributed by atoms with Crippen LogP contribution in [0.1, 0.15) is 37.6 Å². The number of hydrogen-bond donors (Lipinski definition) is 2. The number of anilines is 1. The van der Waals surface area contributed by atoms with Gasteiger partial charge in [-0.1, -0.05) is 29.6 Å². The third-order valence-corrected chi connectivity index (χ3v) is 6.23. The van der Waals surface area contributed by atoms with Crippen molar-refractivity contribution in [1.82, 2.24) is 19.9 Å². The van der Waals surface area contributed by atoms with E-state index >= 15 is 0 Å². The number of rotatable bonds is 5. The number of ether oxygens (including phenoxy) is 1. The van der Waals surface area contributed by atoms with Crippen molar-refractivity contribution in [3.63, 3.8) is 0 Å². The van der Waals surface area contributed by atoms with Gasteiger partial charge in [0.1, 0.15) is 11.6 Å². The van der Waals surface area contributed by atoms with Gasteiger partial charge >= 0.3 is 0 Å². The van der Waals surface area contributed by atoms with Gasteiger partial charge in [0.25, 0.3) is 0 Å². The zero-order valence-electron chi connectivity index (χ0n) is 17.7. The van der Waals surface area contributed by atoms with Gasteiger partial charge in [0.15, 0.2) is 5.65 Å². The van der Waals surface area contributed by atoms with E-state index in [4.69, 9.17) is 38.0 Å². The molecule has 0 aliphatic carbocycles. The Hall–Kier alpha value is -2.02. The molecule has 0 saturated carbocycles. The molecule has 8 heteroatoms. The van der Waals surface area contributed by atoms with Gasteiger partial charge < -0.3 is 15.4 Å². The van der Waals surface area contributed by atoms with Gasteiger partial charge in [0, 0.05) is 36.0 Å². The fourth-order valence-corrected chi connectivity index (χ4v) is 4.85. The first-order chi connectivity index (χ1) is 14.4. The number of piperidine rings is 1. The summed E-state index contributed by atoms with van der Waals surface area (Å²) in [6.45, 7) is 7.01. The Morgan fingerprint density at radius 2 is 1.90 bits per heavy atom. The van der Waals surface area contributed by atoms with Crippen LogP contribution in [0.15, 0.2) is 18.2 Å². The molecule has 0 radical (unpaired) electrons. The van der Waals surface area contributed by atoms with Crippen LogP contribution in [0.5, 0.6) is 5.75 Å². The summed E-state index contributed by atoms with van der Waals surface area (Å²) in [5.74, 6) is 1.52. The predicted molar refractivity (Wildman–Crippen MR) is 123 cm³/mol. The number of benzene rings is 1. The SMILES string of the molecule is COc1cc(Cl)c(-c2c(C)nn3c(NCC4CCCC(C)N4)cc(C)nc23)c(Cl)c1. The molecule has 0 bridgehead atoms. The van der Waals surface area contributed by atoms with Crippen LogP contribution < -0.4 is 15.4 Å². The quantitative estimate of drug-likeness (QED) is 0.557. The maximum Gasteiger partial charge on any atom is 0.165 e. The van der Waals surface area contributed by atoms with Crippen LogP contribution >= 0.6 is 23.2 Å². The van der Waals surface area contributed by atoms with Crippen LogP contribution in [0.2, 0.25) is 10.0 Å². The van der Waals surface area contributed by atoms with Crippen LogP contribution in [0.25, 0.3) is 16.8 Å². The Bertz CT molecular complexity index is 1060. The molecule has 1 aromatic carbocycles. The molecule has 2 unspecified atom stereocenters. The summed E-state index contributed by atoms with van der Waals surface area (Å²) >= 11 is 13.2. The molecule has 1 saturated heterocycles. The van der Waals surface area contributed by atoms with Crippen molar-refractivity contribution in [2.75, 3.05) is 19.0 Å². The average Bonchev–Trinajstić information content (AvgIpc) is 3.01. The summed E-state index contributed by atoms with van der Waals surface area (Å²) in [7, 11) is 1.59. The normalized spacial score (nSPS) is 19.3. The number of halogens is 2. The molecule has 2 N–H and O–H groups in total. The van der Waals surface area contributed by atoms with E-state index in [1.54, 1.807) is 19.2 Å². The first-order valence-corrected chi connectivity index (χ1v) is 11.0. The summed E-state index contributed by atoms with van der Waals surface area (Å²) in [5, 5.41) is 13.0. The number of nitrogens with zero attached hydrogens (tertiary/aromatic N) is 3. The van der Waals surface area contributed by atoms with Crippen LogP contribution in [0.3, 0.4) is 0 Å². The molecular formula is C22H27Cl2N5O. The number of methoxy groups -OCH3 is 1. The summed E-state index contributed by atoms with van der Waals surface area (Å²) in [6, 6.07) is 6.54. The number of fused-ring (bicyclic) bond motifs is 1. The molecule has 1 aliphatic heterocycles. The first-order valence-electron chi connectivity index (χ1n) is 10.3. The van der Waals surface area contributed by atoms with Crippen molar-refractivity contribution >= 4 is 34.7 Å². The van der Waals surface area contributed by atoms with Crippen LogP contribution in [-0.4, -0.2) is 40.3 Å². The van der Waals surface area contributed by atoms with E-state index in [2.05, 4.69) is 17.6 Å². The smallest absolute Gasteiger partial charge is 0.165 e. The molecule has 0 amide bonds. The minimum absolute atomic E-state index is 0.443. The molecule has 4 rings (SSSR count). The minimum atomic E-state index is 0.443. The maximum atomic E-state index is 6.58. The Kier molecular flexibility index (Phi) is 6.09. The van der Waals surface area contributed by atoms with Gasteiger partial charge in [-0.25, -0.2) is 4.98 Å². The van der Waals surface area contributed by atoms with Gasteiger partial charge in [-0.05, 0) is 45.7 Å². The monoisotopic (exact) mass is 447 g/mol. The molecular weight excluding hydrogens is 421 g/mol. The molecule has 30 heavy (non-hydrogen) atoms. The molecule has 160 valence electrons. The Morgan fingerprint density at radius 3 is 2.57 bits per heavy atom. The molecule has 1 fully saturated rings. The molecule has 1 aliphatic rings. The summed E-state index contributed by atoms with van der Waals surface area (Å²) in [4.78, 5) is 4.76. The van der Waals surface area contributed by atoms with Crippen molar-refractivity contribution in [1.29, 1.82) is 0 Å². The van der Waals surface area contributed by atoms with E-state index in [0.29, 0.717) is 27.9 Å². The Morgan fingerprint density at radius 1 is 1.17 bits per heavy atom. The zero-order chi connectivity index (χ0) is 21.4.